The first kappa shape index (κ1) is 14.9. The molecule has 0 bridgehead atoms. The summed E-state index contributed by atoms with van der Waals surface area (Å²) in [6.07, 6.45) is 1.01. The van der Waals surface area contributed by atoms with Gasteiger partial charge in [-0.05, 0) is 25.0 Å². The zero-order chi connectivity index (χ0) is 14.3. The number of nitrogens with zero attached hydrogens (tertiary/aromatic N) is 1. The van der Waals surface area contributed by atoms with E-state index in [1.807, 2.05) is 31.2 Å². The van der Waals surface area contributed by atoms with E-state index in [-0.39, 0.29) is 18.2 Å². The predicted octanol–water partition coefficient (Wildman–Crippen LogP) is 2.09. The molecule has 0 heterocycles. The van der Waals surface area contributed by atoms with Crippen molar-refractivity contribution in [3.8, 4) is 0 Å². The number of carbonyl (C=O) groups excluding carboxylic acids is 2. The molecule has 0 fully saturated rings. The van der Waals surface area contributed by atoms with E-state index in [4.69, 9.17) is 0 Å². The van der Waals surface area contributed by atoms with Crippen molar-refractivity contribution in [3.63, 3.8) is 0 Å². The van der Waals surface area contributed by atoms with Crippen LogP contribution in [0.5, 0.6) is 0 Å². The highest BCUT2D eigenvalue weighted by Gasteiger charge is 2.07. The fourth-order valence-corrected chi connectivity index (χ4v) is 1.59. The lowest BCUT2D eigenvalue weighted by Crippen LogP contribution is -2.19. The van der Waals surface area contributed by atoms with Gasteiger partial charge in [0.2, 0.25) is 11.8 Å². The topological polar surface area (TPSA) is 70.6 Å². The lowest BCUT2D eigenvalue weighted by atomic mass is 10.1. The standard InChI is InChI=1S/C14H19N3O2/c1-4-12-7-5-6-8-13(12)15-14(19)9-10(2)16-17-11(3)18/h5-8H,4,9H2,1-3H3,(H,15,19)(H,17,18)/b16-10+. The maximum absolute atomic E-state index is 11.8. The van der Waals surface area contributed by atoms with Crippen LogP contribution in [0, 0.1) is 0 Å². The van der Waals surface area contributed by atoms with Crippen molar-refractivity contribution >= 4 is 23.2 Å². The number of hydrogen-bond acceptors (Lipinski definition) is 3. The Labute approximate surface area is 113 Å². The Bertz CT molecular complexity index is 495. The normalized spacial score (nSPS) is 11.0. The molecule has 1 aromatic carbocycles. The quantitative estimate of drug-likeness (QED) is 0.629. The first-order chi connectivity index (χ1) is 9.02. The summed E-state index contributed by atoms with van der Waals surface area (Å²) in [5.41, 5.74) is 4.77. The van der Waals surface area contributed by atoms with Gasteiger partial charge in [0.05, 0.1) is 6.42 Å². The molecule has 0 saturated heterocycles. The summed E-state index contributed by atoms with van der Waals surface area (Å²) in [5.74, 6) is -0.399. The fraction of sp³-hybridized carbons (Fsp3) is 0.357. The molecule has 0 aliphatic carbocycles. The summed E-state index contributed by atoms with van der Waals surface area (Å²) in [5, 5.41) is 6.65. The summed E-state index contributed by atoms with van der Waals surface area (Å²) in [6.45, 7) is 5.10. The van der Waals surface area contributed by atoms with Crippen LogP contribution >= 0.6 is 0 Å². The first-order valence-corrected chi connectivity index (χ1v) is 6.20. The molecule has 0 spiro atoms. The van der Waals surface area contributed by atoms with Gasteiger partial charge in [0.1, 0.15) is 0 Å². The van der Waals surface area contributed by atoms with Gasteiger partial charge >= 0.3 is 0 Å². The highest BCUT2D eigenvalue weighted by Crippen LogP contribution is 2.15. The number of benzene rings is 1. The molecule has 0 saturated carbocycles. The van der Waals surface area contributed by atoms with E-state index in [2.05, 4.69) is 15.8 Å². The Balaban J connectivity index is 2.60. The molecule has 0 unspecified atom stereocenters. The lowest BCUT2D eigenvalue weighted by molar-refractivity contribution is -0.119. The highest BCUT2D eigenvalue weighted by molar-refractivity contribution is 6.05. The number of rotatable bonds is 5. The maximum atomic E-state index is 11.8. The average molecular weight is 261 g/mol. The third-order valence-electron chi connectivity index (χ3n) is 2.49. The van der Waals surface area contributed by atoms with E-state index in [0.29, 0.717) is 5.71 Å². The van der Waals surface area contributed by atoms with Crippen LogP contribution in [0.1, 0.15) is 32.8 Å². The van der Waals surface area contributed by atoms with E-state index in [0.717, 1.165) is 17.7 Å². The minimum absolute atomic E-state index is 0.146. The summed E-state index contributed by atoms with van der Waals surface area (Å²) >= 11 is 0. The maximum Gasteiger partial charge on any atom is 0.236 e. The molecule has 5 heteroatoms. The Kier molecular flexibility index (Phi) is 5.73. The zero-order valence-electron chi connectivity index (χ0n) is 11.5. The molecule has 0 atom stereocenters. The number of nitrogens with one attached hydrogen (secondary N) is 2. The zero-order valence-corrected chi connectivity index (χ0v) is 11.5. The SMILES string of the molecule is CCc1ccccc1NC(=O)C/C(C)=N/NC(C)=O. The van der Waals surface area contributed by atoms with Crippen LogP contribution in [0.2, 0.25) is 0 Å². The monoisotopic (exact) mass is 261 g/mol. The van der Waals surface area contributed by atoms with Gasteiger partial charge < -0.3 is 5.32 Å². The molecule has 2 N–H and O–H groups in total. The Morgan fingerprint density at radius 3 is 2.53 bits per heavy atom. The van der Waals surface area contributed by atoms with Crippen LogP contribution in [0.3, 0.4) is 0 Å². The van der Waals surface area contributed by atoms with Gasteiger partial charge in [-0.15, -0.1) is 0 Å². The summed E-state index contributed by atoms with van der Waals surface area (Å²) in [7, 11) is 0. The van der Waals surface area contributed by atoms with Crippen molar-refractivity contribution in [1.82, 2.24) is 5.43 Å². The summed E-state index contributed by atoms with van der Waals surface area (Å²) in [4.78, 5) is 22.5. The molecule has 102 valence electrons. The molecule has 1 aromatic rings. The minimum atomic E-state index is -0.254. The highest BCUT2D eigenvalue weighted by atomic mass is 16.2. The third kappa shape index (κ3) is 5.33. The molecule has 1 rings (SSSR count). The average Bonchev–Trinajstić information content (AvgIpc) is 2.37. The van der Waals surface area contributed by atoms with Gasteiger partial charge in [0.15, 0.2) is 0 Å². The smallest absolute Gasteiger partial charge is 0.236 e. The van der Waals surface area contributed by atoms with Crippen LogP contribution < -0.4 is 10.7 Å². The summed E-state index contributed by atoms with van der Waals surface area (Å²) in [6, 6.07) is 7.68. The molecule has 0 aliphatic heterocycles. The lowest BCUT2D eigenvalue weighted by Gasteiger charge is -2.09. The van der Waals surface area contributed by atoms with E-state index >= 15 is 0 Å². The predicted molar refractivity (Wildman–Crippen MR) is 76.0 cm³/mol. The van der Waals surface area contributed by atoms with Crippen molar-refractivity contribution in [2.45, 2.75) is 33.6 Å². The Morgan fingerprint density at radius 2 is 1.89 bits per heavy atom. The van der Waals surface area contributed by atoms with Crippen LogP contribution in [0.15, 0.2) is 29.4 Å². The molecule has 0 aromatic heterocycles. The van der Waals surface area contributed by atoms with Crippen molar-refractivity contribution in [2.75, 3.05) is 5.32 Å². The number of carbonyl (C=O) groups is 2. The van der Waals surface area contributed by atoms with Gasteiger partial charge in [-0.25, -0.2) is 5.43 Å². The molecule has 0 radical (unpaired) electrons. The molecule has 19 heavy (non-hydrogen) atoms. The second kappa shape index (κ2) is 7.31. The Morgan fingerprint density at radius 1 is 1.21 bits per heavy atom. The number of hydrogen-bond donors (Lipinski definition) is 2. The van der Waals surface area contributed by atoms with E-state index in [1.165, 1.54) is 6.92 Å². The number of aryl methyl sites for hydroxylation is 1. The number of hydrazone groups is 1. The summed E-state index contributed by atoms with van der Waals surface area (Å²) < 4.78 is 0. The first-order valence-electron chi connectivity index (χ1n) is 6.20. The van der Waals surface area contributed by atoms with Crippen molar-refractivity contribution < 1.29 is 9.59 Å². The van der Waals surface area contributed by atoms with Gasteiger partial charge in [-0.3, -0.25) is 9.59 Å². The van der Waals surface area contributed by atoms with Crippen molar-refractivity contribution in [3.05, 3.63) is 29.8 Å². The van der Waals surface area contributed by atoms with E-state index < -0.39 is 0 Å². The van der Waals surface area contributed by atoms with Crippen LogP contribution in [-0.4, -0.2) is 17.5 Å². The number of amides is 2. The number of para-hydroxylation sites is 1. The molecular formula is C14H19N3O2. The van der Waals surface area contributed by atoms with E-state index in [1.54, 1.807) is 6.92 Å². The molecule has 5 nitrogen and oxygen atoms in total. The van der Waals surface area contributed by atoms with Crippen LogP contribution in [0.25, 0.3) is 0 Å². The molecular weight excluding hydrogens is 242 g/mol. The van der Waals surface area contributed by atoms with Crippen molar-refractivity contribution in [1.29, 1.82) is 0 Å². The number of anilines is 1. The molecule has 0 aliphatic rings. The van der Waals surface area contributed by atoms with Crippen molar-refractivity contribution in [2.24, 2.45) is 5.10 Å². The molecule has 2 amide bonds. The second-order valence-corrected chi connectivity index (χ2v) is 4.25. The Hall–Kier alpha value is -2.17. The second-order valence-electron chi connectivity index (χ2n) is 4.25. The van der Waals surface area contributed by atoms with Gasteiger partial charge in [0.25, 0.3) is 0 Å². The van der Waals surface area contributed by atoms with Gasteiger partial charge in [-0.1, -0.05) is 25.1 Å². The van der Waals surface area contributed by atoms with Crippen LogP contribution in [-0.2, 0) is 16.0 Å². The van der Waals surface area contributed by atoms with Crippen LogP contribution in [0.4, 0.5) is 5.69 Å². The minimum Gasteiger partial charge on any atom is -0.326 e. The fourth-order valence-electron chi connectivity index (χ4n) is 1.59. The van der Waals surface area contributed by atoms with Gasteiger partial charge in [0, 0.05) is 18.3 Å². The largest absolute Gasteiger partial charge is 0.326 e. The van der Waals surface area contributed by atoms with Gasteiger partial charge in [-0.2, -0.15) is 5.10 Å². The third-order valence-corrected chi connectivity index (χ3v) is 2.49. The van der Waals surface area contributed by atoms with E-state index in [9.17, 15) is 9.59 Å².